The van der Waals surface area contributed by atoms with Crippen LogP contribution in [0.4, 0.5) is 0 Å². The summed E-state index contributed by atoms with van der Waals surface area (Å²) in [5.41, 5.74) is 5.00. The van der Waals surface area contributed by atoms with Gasteiger partial charge in [0.2, 0.25) is 0 Å². The van der Waals surface area contributed by atoms with Crippen LogP contribution in [0.15, 0.2) is 66.7 Å². The normalized spacial score (nSPS) is 11.4. The maximum atomic E-state index is 13.1. The van der Waals surface area contributed by atoms with Gasteiger partial charge in [-0.15, -0.1) is 0 Å². The fourth-order valence-electron chi connectivity index (χ4n) is 3.62. The molecule has 0 bridgehead atoms. The molecule has 3 rings (SSSR count). The Morgan fingerprint density at radius 2 is 1.71 bits per heavy atom. The Morgan fingerprint density at radius 1 is 1.00 bits per heavy atom. The van der Waals surface area contributed by atoms with Crippen LogP contribution in [-0.2, 0) is 22.7 Å². The van der Waals surface area contributed by atoms with Crippen LogP contribution in [0.5, 0.6) is 0 Å². The number of amides is 1. The van der Waals surface area contributed by atoms with Crippen molar-refractivity contribution in [1.29, 1.82) is 0 Å². The monoisotopic (exact) mass is 505 g/mol. The zero-order valence-electron chi connectivity index (χ0n) is 19.2. The predicted molar refractivity (Wildman–Crippen MR) is 146 cm³/mol. The van der Waals surface area contributed by atoms with Crippen LogP contribution >= 0.6 is 23.4 Å². The number of benzene rings is 3. The molecule has 2 N–H and O–H groups in total. The van der Waals surface area contributed by atoms with E-state index in [-0.39, 0.29) is 18.9 Å². The van der Waals surface area contributed by atoms with Gasteiger partial charge in [-0.1, -0.05) is 54.1 Å². The summed E-state index contributed by atoms with van der Waals surface area (Å²) < 4.78 is 5.88. The van der Waals surface area contributed by atoms with Crippen LogP contribution in [0.2, 0.25) is 5.02 Å². The van der Waals surface area contributed by atoms with Crippen molar-refractivity contribution in [2.45, 2.75) is 32.6 Å². The number of carboxylic acids is 1. The molecule has 0 radical (unpaired) electrons. The van der Waals surface area contributed by atoms with E-state index in [1.165, 1.54) is 0 Å². The molecular weight excluding hydrogens is 477 g/mol. The Bertz CT molecular complexity index is 1160. The van der Waals surface area contributed by atoms with Crippen molar-refractivity contribution >= 4 is 54.1 Å². The number of carboxylic acid groups (broad SMARTS) is 1. The molecule has 8 heteroatoms. The first-order valence-electron chi connectivity index (χ1n) is 10.9. The molecule has 0 aromatic heterocycles. The molecular formula is C27H29ClLiNO4S. The summed E-state index contributed by atoms with van der Waals surface area (Å²) in [5.74, 6) is -0.797. The number of hydrogen-bond acceptors (Lipinski definition) is 4. The van der Waals surface area contributed by atoms with E-state index in [0.717, 1.165) is 27.8 Å². The van der Waals surface area contributed by atoms with E-state index in [9.17, 15) is 14.7 Å². The van der Waals surface area contributed by atoms with Gasteiger partial charge in [0.05, 0.1) is 13.2 Å². The number of aliphatic carboxylic acids is 1. The molecule has 0 spiro atoms. The molecule has 0 heterocycles. The maximum absolute atomic E-state index is 13.1. The Kier molecular flexibility index (Phi) is 11.9. The number of thioether (sulfide) groups is 1. The second-order valence-electron chi connectivity index (χ2n) is 7.96. The average molecular weight is 506 g/mol. The summed E-state index contributed by atoms with van der Waals surface area (Å²) in [6.45, 7) is 2.76. The van der Waals surface area contributed by atoms with Gasteiger partial charge in [0.25, 0.3) is 5.91 Å². The Morgan fingerprint density at radius 3 is 2.37 bits per heavy atom. The average Bonchev–Trinajstić information content (AvgIpc) is 2.82. The van der Waals surface area contributed by atoms with Crippen molar-refractivity contribution in [3.63, 3.8) is 0 Å². The molecule has 0 aliphatic carbocycles. The van der Waals surface area contributed by atoms with Crippen molar-refractivity contribution < 1.29 is 19.4 Å². The van der Waals surface area contributed by atoms with Crippen molar-refractivity contribution in [2.24, 2.45) is 0 Å². The fraction of sp³-hybridized carbons (Fsp3) is 0.259. The number of ether oxygens (including phenoxy) is 1. The fourth-order valence-corrected chi connectivity index (χ4v) is 4.30. The number of hydrogen-bond donors (Lipinski definition) is 2. The van der Waals surface area contributed by atoms with Crippen LogP contribution in [0.1, 0.15) is 33.5 Å². The van der Waals surface area contributed by atoms with E-state index in [1.54, 1.807) is 17.8 Å². The number of halogens is 1. The van der Waals surface area contributed by atoms with Crippen molar-refractivity contribution in [1.82, 2.24) is 5.32 Å². The van der Waals surface area contributed by atoms with E-state index < -0.39 is 17.9 Å². The Balaban J connectivity index is 0.00000432. The molecule has 0 saturated heterocycles. The van der Waals surface area contributed by atoms with Gasteiger partial charge < -0.3 is 15.2 Å². The van der Waals surface area contributed by atoms with E-state index in [4.69, 9.17) is 16.3 Å². The van der Waals surface area contributed by atoms with Gasteiger partial charge in [-0.2, -0.15) is 11.8 Å². The van der Waals surface area contributed by atoms with Crippen LogP contribution in [0, 0.1) is 6.92 Å². The third kappa shape index (κ3) is 8.45. The Hall–Kier alpha value is -2.20. The standard InChI is InChI=1S/C27H28ClNO4S.Li.H/c1-18-6-3-4-9-22(18)24-15-20(17-33-16-19-7-5-8-21(28)14-19)10-11-23(24)26(30)29-25(27(31)32)12-13-34-2;;/h3-11,14-15,25H,12-13,16-17H2,1-2H3,(H,29,30)(H,31,32);;/t25-;;/m0../s1. The molecule has 1 atom stereocenters. The first kappa shape index (κ1) is 29.0. The zero-order chi connectivity index (χ0) is 24.5. The molecule has 0 fully saturated rings. The van der Waals surface area contributed by atoms with Gasteiger partial charge in [0, 0.05) is 10.6 Å². The van der Waals surface area contributed by atoms with Crippen LogP contribution < -0.4 is 5.32 Å². The predicted octanol–water partition coefficient (Wildman–Crippen LogP) is 5.32. The topological polar surface area (TPSA) is 75.6 Å². The third-order valence-electron chi connectivity index (χ3n) is 5.40. The van der Waals surface area contributed by atoms with E-state index in [1.807, 2.05) is 73.8 Å². The summed E-state index contributed by atoms with van der Waals surface area (Å²) >= 11 is 7.59. The first-order valence-corrected chi connectivity index (χ1v) is 12.7. The molecule has 0 aliphatic heterocycles. The summed E-state index contributed by atoms with van der Waals surface area (Å²) in [6.07, 6.45) is 2.27. The summed E-state index contributed by atoms with van der Waals surface area (Å²) in [5, 5.41) is 12.9. The number of rotatable bonds is 11. The van der Waals surface area contributed by atoms with Crippen molar-refractivity contribution in [3.8, 4) is 11.1 Å². The van der Waals surface area contributed by atoms with Crippen LogP contribution in [0.3, 0.4) is 0 Å². The molecule has 3 aromatic rings. The van der Waals surface area contributed by atoms with Gasteiger partial charge in [0.1, 0.15) is 6.04 Å². The minimum atomic E-state index is -1.04. The molecule has 0 saturated carbocycles. The van der Waals surface area contributed by atoms with Crippen LogP contribution in [0.25, 0.3) is 11.1 Å². The molecule has 3 aromatic carbocycles. The third-order valence-corrected chi connectivity index (χ3v) is 6.28. The van der Waals surface area contributed by atoms with Crippen molar-refractivity contribution in [2.75, 3.05) is 12.0 Å². The quantitative estimate of drug-likeness (QED) is 0.345. The second-order valence-corrected chi connectivity index (χ2v) is 9.39. The second kappa shape index (κ2) is 14.4. The zero-order valence-corrected chi connectivity index (χ0v) is 20.8. The Labute approximate surface area is 227 Å². The number of nitrogens with one attached hydrogen (secondary N) is 1. The SMILES string of the molecule is CSCC[C@H](NC(=O)c1ccc(COCc2cccc(Cl)c2)cc1-c1ccccc1C)C(=O)O.[LiH]. The number of carbonyl (C=O) groups excluding carboxylic acids is 1. The van der Waals surface area contributed by atoms with Gasteiger partial charge >= 0.3 is 24.8 Å². The van der Waals surface area contributed by atoms with Crippen molar-refractivity contribution in [3.05, 3.63) is 94.0 Å². The van der Waals surface area contributed by atoms with Gasteiger partial charge in [-0.25, -0.2) is 4.79 Å². The van der Waals surface area contributed by atoms with E-state index >= 15 is 0 Å². The van der Waals surface area contributed by atoms with Gasteiger partial charge in [-0.05, 0) is 77.4 Å². The summed E-state index contributed by atoms with van der Waals surface area (Å²) in [7, 11) is 0. The molecule has 0 aliphatic rings. The first-order chi connectivity index (χ1) is 16.4. The minimum absolute atomic E-state index is 0. The van der Waals surface area contributed by atoms with Crippen LogP contribution in [-0.4, -0.2) is 53.9 Å². The summed E-state index contributed by atoms with van der Waals surface area (Å²) in [6, 6.07) is 19.9. The van der Waals surface area contributed by atoms with Gasteiger partial charge in [-0.3, -0.25) is 4.79 Å². The molecule has 0 unspecified atom stereocenters. The number of aryl methyl sites for hydroxylation is 1. The molecule has 5 nitrogen and oxygen atoms in total. The molecule has 180 valence electrons. The molecule has 1 amide bonds. The van der Waals surface area contributed by atoms with E-state index in [0.29, 0.717) is 36.0 Å². The molecule has 35 heavy (non-hydrogen) atoms. The summed E-state index contributed by atoms with van der Waals surface area (Å²) in [4.78, 5) is 24.8. The van der Waals surface area contributed by atoms with Gasteiger partial charge in [0.15, 0.2) is 0 Å². The van der Waals surface area contributed by atoms with E-state index in [2.05, 4.69) is 5.32 Å². The number of carbonyl (C=O) groups is 2.